The first-order valence-corrected chi connectivity index (χ1v) is 6.05. The molecule has 0 bridgehead atoms. The van der Waals surface area contributed by atoms with E-state index in [0.29, 0.717) is 6.61 Å². The number of carbonyl (C=O) groups is 1. The molecule has 2 rings (SSSR count). The van der Waals surface area contributed by atoms with Crippen molar-refractivity contribution in [2.24, 2.45) is 0 Å². The average molecular weight is 242 g/mol. The van der Waals surface area contributed by atoms with Gasteiger partial charge in [0.15, 0.2) is 0 Å². The van der Waals surface area contributed by atoms with E-state index < -0.39 is 5.97 Å². The highest BCUT2D eigenvalue weighted by Gasteiger charge is 2.24. The molecule has 1 fully saturated rings. The highest BCUT2D eigenvalue weighted by molar-refractivity contribution is 7.13. The van der Waals surface area contributed by atoms with Crippen LogP contribution in [0.25, 0.3) is 0 Å². The Morgan fingerprint density at radius 1 is 1.81 bits per heavy atom. The van der Waals surface area contributed by atoms with Crippen LogP contribution in [-0.4, -0.2) is 47.2 Å². The van der Waals surface area contributed by atoms with E-state index in [1.54, 1.807) is 0 Å². The molecule has 1 aromatic rings. The largest absolute Gasteiger partial charge is 0.477 e. The molecule has 1 N–H and O–H groups in total. The second-order valence-corrected chi connectivity index (χ2v) is 4.68. The molecule has 1 saturated heterocycles. The minimum atomic E-state index is -0.924. The zero-order valence-electron chi connectivity index (χ0n) is 9.05. The fourth-order valence-corrected chi connectivity index (χ4v) is 2.47. The van der Waals surface area contributed by atoms with Crippen molar-refractivity contribution in [2.75, 3.05) is 26.2 Å². The molecule has 1 aliphatic rings. The summed E-state index contributed by atoms with van der Waals surface area (Å²) in [5, 5.41) is 9.57. The summed E-state index contributed by atoms with van der Waals surface area (Å²) >= 11 is 1.20. The van der Waals surface area contributed by atoms with Gasteiger partial charge in [0, 0.05) is 13.1 Å². The van der Waals surface area contributed by atoms with Gasteiger partial charge in [-0.15, -0.1) is 11.3 Å². The second kappa shape index (κ2) is 4.90. The van der Waals surface area contributed by atoms with Gasteiger partial charge in [-0.3, -0.25) is 4.90 Å². The number of aromatic carboxylic acids is 1. The van der Waals surface area contributed by atoms with Crippen LogP contribution in [0.1, 0.15) is 27.7 Å². The summed E-state index contributed by atoms with van der Waals surface area (Å²) in [6, 6.07) is 0. The van der Waals surface area contributed by atoms with E-state index in [-0.39, 0.29) is 11.0 Å². The van der Waals surface area contributed by atoms with Crippen molar-refractivity contribution >= 4 is 17.3 Å². The highest BCUT2D eigenvalue weighted by Crippen LogP contribution is 2.26. The maximum atomic E-state index is 10.7. The molecule has 0 radical (unpaired) electrons. The third kappa shape index (κ3) is 2.40. The average Bonchev–Trinajstić information content (AvgIpc) is 2.78. The predicted molar refractivity (Wildman–Crippen MR) is 59.9 cm³/mol. The maximum Gasteiger partial charge on any atom is 0.347 e. The fourth-order valence-electron chi connectivity index (χ4n) is 1.67. The van der Waals surface area contributed by atoms with Crippen LogP contribution >= 0.6 is 11.3 Å². The van der Waals surface area contributed by atoms with E-state index >= 15 is 0 Å². The molecule has 0 aliphatic carbocycles. The van der Waals surface area contributed by atoms with Gasteiger partial charge in [0.1, 0.15) is 16.0 Å². The smallest absolute Gasteiger partial charge is 0.347 e. The molecule has 1 unspecified atom stereocenters. The van der Waals surface area contributed by atoms with Crippen LogP contribution in [0.3, 0.4) is 0 Å². The lowest BCUT2D eigenvalue weighted by Gasteiger charge is -2.30. The van der Waals surface area contributed by atoms with Crippen LogP contribution in [0.15, 0.2) is 6.20 Å². The standard InChI is InChI=1S/C10H14N2O3S/c1-2-12-3-4-15-7(6-12)9-11-5-8(16-9)10(13)14/h5,7H,2-4,6H2,1H3,(H,13,14). The molecule has 16 heavy (non-hydrogen) atoms. The Morgan fingerprint density at radius 2 is 2.62 bits per heavy atom. The molecule has 2 heterocycles. The van der Waals surface area contributed by atoms with Crippen LogP contribution in [0.4, 0.5) is 0 Å². The van der Waals surface area contributed by atoms with Gasteiger partial charge < -0.3 is 9.84 Å². The van der Waals surface area contributed by atoms with Crippen molar-refractivity contribution in [3.63, 3.8) is 0 Å². The van der Waals surface area contributed by atoms with E-state index in [1.165, 1.54) is 17.5 Å². The minimum Gasteiger partial charge on any atom is -0.477 e. The van der Waals surface area contributed by atoms with E-state index in [1.807, 2.05) is 0 Å². The Morgan fingerprint density at radius 3 is 3.25 bits per heavy atom. The van der Waals surface area contributed by atoms with Crippen molar-refractivity contribution in [2.45, 2.75) is 13.0 Å². The first-order valence-electron chi connectivity index (χ1n) is 5.23. The Labute approximate surface area is 97.7 Å². The Balaban J connectivity index is 2.08. The van der Waals surface area contributed by atoms with E-state index in [2.05, 4.69) is 16.8 Å². The predicted octanol–water partition coefficient (Wildman–Crippen LogP) is 1.23. The van der Waals surface area contributed by atoms with E-state index in [9.17, 15) is 4.79 Å². The van der Waals surface area contributed by atoms with Gasteiger partial charge in [-0.1, -0.05) is 6.92 Å². The number of carboxylic acids is 1. The zero-order valence-corrected chi connectivity index (χ0v) is 9.87. The van der Waals surface area contributed by atoms with Crippen LogP contribution in [-0.2, 0) is 4.74 Å². The van der Waals surface area contributed by atoms with Gasteiger partial charge in [-0.2, -0.15) is 0 Å². The van der Waals surface area contributed by atoms with Gasteiger partial charge in [-0.05, 0) is 6.54 Å². The molecule has 1 aromatic heterocycles. The van der Waals surface area contributed by atoms with Crippen LogP contribution in [0, 0.1) is 0 Å². The first-order chi connectivity index (χ1) is 7.70. The van der Waals surface area contributed by atoms with Crippen molar-refractivity contribution in [3.05, 3.63) is 16.1 Å². The molecule has 0 aromatic carbocycles. The molecule has 6 heteroatoms. The second-order valence-electron chi connectivity index (χ2n) is 3.62. The summed E-state index contributed by atoms with van der Waals surface area (Å²) in [6.07, 6.45) is 1.32. The number of hydrogen-bond acceptors (Lipinski definition) is 5. The number of morpholine rings is 1. The molecule has 1 aliphatic heterocycles. The number of aromatic nitrogens is 1. The van der Waals surface area contributed by atoms with Crippen molar-refractivity contribution in [1.29, 1.82) is 0 Å². The number of thiazole rings is 1. The third-order valence-electron chi connectivity index (χ3n) is 2.61. The molecule has 0 amide bonds. The van der Waals surface area contributed by atoms with Crippen molar-refractivity contribution < 1.29 is 14.6 Å². The van der Waals surface area contributed by atoms with Gasteiger partial charge in [-0.25, -0.2) is 9.78 Å². The summed E-state index contributed by atoms with van der Waals surface area (Å²) < 4.78 is 5.60. The Hall–Kier alpha value is -0.980. The van der Waals surface area contributed by atoms with Crippen LogP contribution < -0.4 is 0 Å². The molecule has 0 spiro atoms. The van der Waals surface area contributed by atoms with Gasteiger partial charge in [0.25, 0.3) is 0 Å². The molecule has 5 nitrogen and oxygen atoms in total. The van der Waals surface area contributed by atoms with E-state index in [0.717, 1.165) is 24.6 Å². The Kier molecular flexibility index (Phi) is 3.52. The number of ether oxygens (including phenoxy) is 1. The van der Waals surface area contributed by atoms with Crippen LogP contribution in [0.5, 0.6) is 0 Å². The van der Waals surface area contributed by atoms with Crippen molar-refractivity contribution in [1.82, 2.24) is 9.88 Å². The topological polar surface area (TPSA) is 62.7 Å². The van der Waals surface area contributed by atoms with E-state index in [4.69, 9.17) is 9.84 Å². The maximum absolute atomic E-state index is 10.7. The Bertz CT molecular complexity index is 380. The summed E-state index contributed by atoms with van der Waals surface area (Å²) in [7, 11) is 0. The number of hydrogen-bond donors (Lipinski definition) is 1. The molecule has 88 valence electrons. The van der Waals surface area contributed by atoms with Gasteiger partial charge >= 0.3 is 5.97 Å². The fraction of sp³-hybridized carbons (Fsp3) is 0.600. The third-order valence-corrected chi connectivity index (χ3v) is 3.68. The SMILES string of the molecule is CCN1CCOC(c2ncc(C(=O)O)s2)C1. The number of rotatable bonds is 3. The normalized spacial score (nSPS) is 22.2. The number of carboxylic acid groups (broad SMARTS) is 1. The summed E-state index contributed by atoms with van der Waals surface area (Å²) in [5.74, 6) is -0.924. The molecular formula is C10H14N2O3S. The minimum absolute atomic E-state index is 0.0770. The number of likely N-dealkylation sites (N-methyl/N-ethyl adjacent to an activating group) is 1. The van der Waals surface area contributed by atoms with Gasteiger partial charge in [0.05, 0.1) is 12.8 Å². The lowest BCUT2D eigenvalue weighted by molar-refractivity contribution is -0.0282. The molecular weight excluding hydrogens is 228 g/mol. The highest BCUT2D eigenvalue weighted by atomic mass is 32.1. The first kappa shape index (κ1) is 11.5. The lowest BCUT2D eigenvalue weighted by Crippen LogP contribution is -2.37. The number of nitrogens with zero attached hydrogens (tertiary/aromatic N) is 2. The quantitative estimate of drug-likeness (QED) is 0.864. The summed E-state index contributed by atoms with van der Waals surface area (Å²) in [5.41, 5.74) is 0. The van der Waals surface area contributed by atoms with Gasteiger partial charge in [0.2, 0.25) is 0 Å². The van der Waals surface area contributed by atoms with Crippen LogP contribution in [0.2, 0.25) is 0 Å². The van der Waals surface area contributed by atoms with Crippen molar-refractivity contribution in [3.8, 4) is 0 Å². The summed E-state index contributed by atoms with van der Waals surface area (Å²) in [4.78, 5) is 17.4. The molecule has 0 saturated carbocycles. The monoisotopic (exact) mass is 242 g/mol. The zero-order chi connectivity index (χ0) is 11.5. The summed E-state index contributed by atoms with van der Waals surface area (Å²) in [6.45, 7) is 5.50. The lowest BCUT2D eigenvalue weighted by atomic mass is 10.3. The molecule has 1 atom stereocenters.